The summed E-state index contributed by atoms with van der Waals surface area (Å²) in [5.41, 5.74) is 4.69. The minimum atomic E-state index is 0.882. The zero-order chi connectivity index (χ0) is 14.8. The fourth-order valence-corrected chi connectivity index (χ4v) is 2.57. The quantitative estimate of drug-likeness (QED) is 0.732. The molecule has 0 amide bonds. The molecule has 1 aromatic heterocycles. The van der Waals surface area contributed by atoms with E-state index < -0.39 is 0 Å². The molecule has 0 spiro atoms. The van der Waals surface area contributed by atoms with Crippen LogP contribution in [0.1, 0.15) is 11.1 Å². The Hall–Kier alpha value is -2.55. The second-order valence-corrected chi connectivity index (χ2v) is 5.25. The monoisotopic (exact) mass is 277 g/mol. The lowest BCUT2D eigenvalue weighted by Gasteiger charge is -2.13. The number of nitrogens with zero attached hydrogens (tertiary/aromatic N) is 1. The van der Waals surface area contributed by atoms with Crippen molar-refractivity contribution in [2.24, 2.45) is 0 Å². The lowest BCUT2D eigenvalue weighted by atomic mass is 10.1. The normalized spacial score (nSPS) is 10.6. The first kappa shape index (κ1) is 13.4. The molecule has 0 aliphatic rings. The molecule has 3 rings (SSSR count). The van der Waals surface area contributed by atoms with Crippen LogP contribution in [0.2, 0.25) is 0 Å². The molecule has 1 heterocycles. The van der Waals surface area contributed by atoms with Crippen LogP contribution in [0.25, 0.3) is 10.8 Å². The molecule has 21 heavy (non-hydrogen) atoms. The van der Waals surface area contributed by atoms with E-state index in [2.05, 4.69) is 71.9 Å². The van der Waals surface area contributed by atoms with E-state index in [0.717, 1.165) is 22.6 Å². The lowest BCUT2D eigenvalue weighted by Crippen LogP contribution is -1.98. The van der Waals surface area contributed by atoms with Gasteiger partial charge in [-0.1, -0.05) is 29.8 Å². The van der Waals surface area contributed by atoms with E-state index in [0.29, 0.717) is 0 Å². The van der Waals surface area contributed by atoms with Crippen LogP contribution in [-0.2, 0) is 0 Å². The summed E-state index contributed by atoms with van der Waals surface area (Å²) < 4.78 is 0. The Labute approximate surface area is 125 Å². The summed E-state index contributed by atoms with van der Waals surface area (Å²) in [5.74, 6) is 0.882. The number of hydrogen-bond donors (Lipinski definition) is 2. The smallest absolute Gasteiger partial charge is 0.138 e. The molecule has 0 fully saturated rings. The maximum absolute atomic E-state index is 4.49. The number of aromatic nitrogens is 1. The molecule has 0 saturated heterocycles. The van der Waals surface area contributed by atoms with Gasteiger partial charge in [0.05, 0.1) is 0 Å². The van der Waals surface area contributed by atoms with Crippen LogP contribution >= 0.6 is 0 Å². The Morgan fingerprint density at radius 2 is 1.62 bits per heavy atom. The number of fused-ring (bicyclic) bond motifs is 1. The molecule has 0 aliphatic carbocycles. The second-order valence-electron chi connectivity index (χ2n) is 5.25. The Morgan fingerprint density at radius 1 is 0.857 bits per heavy atom. The van der Waals surface area contributed by atoms with Crippen molar-refractivity contribution in [3.05, 3.63) is 59.8 Å². The summed E-state index contributed by atoms with van der Waals surface area (Å²) in [7, 11) is 1.95. The van der Waals surface area contributed by atoms with Crippen molar-refractivity contribution in [3.8, 4) is 0 Å². The highest BCUT2D eigenvalue weighted by molar-refractivity contribution is 6.01. The molecule has 2 N–H and O–H groups in total. The van der Waals surface area contributed by atoms with Gasteiger partial charge in [0, 0.05) is 35.4 Å². The number of hydrogen-bond acceptors (Lipinski definition) is 3. The van der Waals surface area contributed by atoms with E-state index in [-0.39, 0.29) is 0 Å². The summed E-state index contributed by atoms with van der Waals surface area (Å²) in [6, 6.07) is 14.6. The van der Waals surface area contributed by atoms with Gasteiger partial charge in [-0.2, -0.15) is 0 Å². The first-order valence-corrected chi connectivity index (χ1v) is 7.09. The molecule has 0 saturated carbocycles. The van der Waals surface area contributed by atoms with E-state index in [4.69, 9.17) is 0 Å². The summed E-state index contributed by atoms with van der Waals surface area (Å²) in [4.78, 5) is 4.49. The van der Waals surface area contributed by atoms with E-state index in [1.165, 1.54) is 16.5 Å². The minimum Gasteiger partial charge on any atom is -0.387 e. The van der Waals surface area contributed by atoms with E-state index >= 15 is 0 Å². The molecule has 3 aromatic rings. The van der Waals surface area contributed by atoms with Gasteiger partial charge in [-0.05, 0) is 37.6 Å². The van der Waals surface area contributed by atoms with Gasteiger partial charge in [0.1, 0.15) is 5.82 Å². The predicted molar refractivity (Wildman–Crippen MR) is 90.5 cm³/mol. The standard InChI is InChI=1S/C18H19N3/c1-12-4-7-14(8-5-12)21-18-16-9-6-13(2)17(19-3)15(16)10-11-20-18/h4-11,19H,1-3H3,(H,20,21). The predicted octanol–water partition coefficient (Wildman–Crippen LogP) is 4.64. The maximum Gasteiger partial charge on any atom is 0.138 e. The lowest BCUT2D eigenvalue weighted by molar-refractivity contribution is 1.33. The fraction of sp³-hybridized carbons (Fsp3) is 0.167. The topological polar surface area (TPSA) is 37.0 Å². The number of aryl methyl sites for hydroxylation is 2. The second kappa shape index (κ2) is 5.44. The van der Waals surface area contributed by atoms with Crippen molar-refractivity contribution >= 4 is 28.0 Å². The van der Waals surface area contributed by atoms with Crippen molar-refractivity contribution in [2.45, 2.75) is 13.8 Å². The van der Waals surface area contributed by atoms with Gasteiger partial charge in [0.2, 0.25) is 0 Å². The first-order valence-electron chi connectivity index (χ1n) is 7.09. The summed E-state index contributed by atoms with van der Waals surface area (Å²) >= 11 is 0. The molecule has 0 radical (unpaired) electrons. The molecule has 0 atom stereocenters. The van der Waals surface area contributed by atoms with E-state index in [9.17, 15) is 0 Å². The molecule has 106 valence electrons. The van der Waals surface area contributed by atoms with Crippen LogP contribution in [0.3, 0.4) is 0 Å². The molecular formula is C18H19N3. The number of benzene rings is 2. The third-order valence-corrected chi connectivity index (χ3v) is 3.72. The first-order chi connectivity index (χ1) is 10.2. The third-order valence-electron chi connectivity index (χ3n) is 3.72. The average Bonchev–Trinajstić information content (AvgIpc) is 2.49. The maximum atomic E-state index is 4.49. The molecule has 0 aliphatic heterocycles. The van der Waals surface area contributed by atoms with Gasteiger partial charge in [0.25, 0.3) is 0 Å². The average molecular weight is 277 g/mol. The molecule has 3 nitrogen and oxygen atoms in total. The van der Waals surface area contributed by atoms with Gasteiger partial charge in [-0.25, -0.2) is 4.98 Å². The van der Waals surface area contributed by atoms with Crippen LogP contribution in [0.15, 0.2) is 48.7 Å². The Kier molecular flexibility index (Phi) is 3.48. The third kappa shape index (κ3) is 2.55. The highest BCUT2D eigenvalue weighted by atomic mass is 15.0. The van der Waals surface area contributed by atoms with Gasteiger partial charge in [-0.15, -0.1) is 0 Å². The number of pyridine rings is 1. The van der Waals surface area contributed by atoms with Gasteiger partial charge in [0.15, 0.2) is 0 Å². The van der Waals surface area contributed by atoms with Crippen LogP contribution < -0.4 is 10.6 Å². The Bertz CT molecular complexity index is 776. The molecular weight excluding hydrogens is 258 g/mol. The van der Waals surface area contributed by atoms with Crippen molar-refractivity contribution in [1.29, 1.82) is 0 Å². The molecule has 3 heteroatoms. The zero-order valence-corrected chi connectivity index (χ0v) is 12.6. The van der Waals surface area contributed by atoms with Crippen molar-refractivity contribution in [2.75, 3.05) is 17.7 Å². The summed E-state index contributed by atoms with van der Waals surface area (Å²) in [6.45, 7) is 4.20. The van der Waals surface area contributed by atoms with E-state index in [1.807, 2.05) is 13.2 Å². The Balaban J connectivity index is 2.09. The highest BCUT2D eigenvalue weighted by Crippen LogP contribution is 2.31. The van der Waals surface area contributed by atoms with Crippen LogP contribution in [-0.4, -0.2) is 12.0 Å². The van der Waals surface area contributed by atoms with Crippen LogP contribution in [0.4, 0.5) is 17.2 Å². The largest absolute Gasteiger partial charge is 0.387 e. The SMILES string of the molecule is CNc1c(C)ccc2c(Nc3ccc(C)cc3)nccc12. The molecule has 0 unspecified atom stereocenters. The van der Waals surface area contributed by atoms with Crippen molar-refractivity contribution in [1.82, 2.24) is 4.98 Å². The zero-order valence-electron chi connectivity index (χ0n) is 12.6. The highest BCUT2D eigenvalue weighted by Gasteiger charge is 2.08. The van der Waals surface area contributed by atoms with E-state index in [1.54, 1.807) is 0 Å². The van der Waals surface area contributed by atoms with Gasteiger partial charge >= 0.3 is 0 Å². The van der Waals surface area contributed by atoms with Crippen LogP contribution in [0, 0.1) is 13.8 Å². The number of rotatable bonds is 3. The number of anilines is 3. The van der Waals surface area contributed by atoms with Crippen LogP contribution in [0.5, 0.6) is 0 Å². The fourth-order valence-electron chi connectivity index (χ4n) is 2.57. The van der Waals surface area contributed by atoms with Crippen molar-refractivity contribution < 1.29 is 0 Å². The summed E-state index contributed by atoms with van der Waals surface area (Å²) in [5, 5.41) is 8.99. The Morgan fingerprint density at radius 3 is 2.33 bits per heavy atom. The minimum absolute atomic E-state index is 0.882. The van der Waals surface area contributed by atoms with Crippen molar-refractivity contribution in [3.63, 3.8) is 0 Å². The number of nitrogens with one attached hydrogen (secondary N) is 2. The molecule has 0 bridgehead atoms. The van der Waals surface area contributed by atoms with Gasteiger partial charge in [-0.3, -0.25) is 0 Å². The summed E-state index contributed by atoms with van der Waals surface area (Å²) in [6.07, 6.45) is 1.85. The van der Waals surface area contributed by atoms with Gasteiger partial charge < -0.3 is 10.6 Å². The molecule has 2 aromatic carbocycles.